The summed E-state index contributed by atoms with van der Waals surface area (Å²) in [6.45, 7) is 15.0. The Labute approximate surface area is 315 Å². The third-order valence-electron chi connectivity index (χ3n) is 10.9. The van der Waals surface area contributed by atoms with Crippen LogP contribution in [-0.2, 0) is 19.6 Å². The molecular weight excluding hydrogens is 675 g/mol. The molecule has 0 amide bonds. The molecule has 0 radical (unpaired) electrons. The second-order valence-electron chi connectivity index (χ2n) is 14.8. The van der Waals surface area contributed by atoms with E-state index in [0.29, 0.717) is 17.3 Å². The van der Waals surface area contributed by atoms with E-state index in [4.69, 9.17) is 39.9 Å². The molecule has 10 heteroatoms. The Morgan fingerprint density at radius 2 is 1.27 bits per heavy atom. The Balaban J connectivity index is 1.37. The minimum atomic E-state index is -0.982. The molecule has 0 unspecified atom stereocenters. The van der Waals surface area contributed by atoms with Crippen molar-refractivity contribution in [3.63, 3.8) is 0 Å². The molecule has 0 N–H and O–H groups in total. The minimum Gasteiger partial charge on any atom is -0.497 e. The summed E-state index contributed by atoms with van der Waals surface area (Å²) in [7, 11) is 4.99. The van der Waals surface area contributed by atoms with Gasteiger partial charge in [0.25, 0.3) is 0 Å². The lowest BCUT2D eigenvalue weighted by Crippen LogP contribution is -2.49. The van der Waals surface area contributed by atoms with E-state index in [-0.39, 0.29) is 12.7 Å². The van der Waals surface area contributed by atoms with Gasteiger partial charge < -0.3 is 33.2 Å². The van der Waals surface area contributed by atoms with Gasteiger partial charge in [-0.25, -0.2) is 0 Å². The summed E-state index contributed by atoms with van der Waals surface area (Å²) >= 11 is 7.14. The van der Waals surface area contributed by atoms with Crippen molar-refractivity contribution >= 4 is 24.2 Å². The number of piperazine rings is 1. The molecule has 276 valence electrons. The predicted octanol–water partition coefficient (Wildman–Crippen LogP) is 6.97. The largest absolute Gasteiger partial charge is 0.497 e. The van der Waals surface area contributed by atoms with Crippen molar-refractivity contribution in [1.82, 2.24) is 9.80 Å². The highest BCUT2D eigenvalue weighted by atomic mass is 35.5. The summed E-state index contributed by atoms with van der Waals surface area (Å²) in [5, 5.41) is 0.537. The number of rotatable bonds is 13. The van der Waals surface area contributed by atoms with Crippen LogP contribution in [0.5, 0.6) is 17.2 Å². The van der Waals surface area contributed by atoms with Crippen LogP contribution in [0.3, 0.4) is 0 Å². The van der Waals surface area contributed by atoms with Crippen molar-refractivity contribution in [3.8, 4) is 17.2 Å². The number of likely N-dealkylation sites (N-methyl/N-ethyl adjacent to an activating group) is 1. The van der Waals surface area contributed by atoms with Gasteiger partial charge in [-0.2, -0.15) is 0 Å². The van der Waals surface area contributed by atoms with Crippen molar-refractivity contribution < 1.29 is 28.3 Å². The number of ether oxygens (including phenoxy) is 4. The highest BCUT2D eigenvalue weighted by molar-refractivity contribution is 6.63. The summed E-state index contributed by atoms with van der Waals surface area (Å²) in [4.78, 5) is 4.80. The number of hydrogen-bond acceptors (Lipinski definition) is 8. The Hall–Kier alpha value is -3.57. The highest BCUT2D eigenvalue weighted by Crippen LogP contribution is 2.42. The van der Waals surface area contributed by atoms with E-state index >= 15 is 0 Å². The molecule has 0 aliphatic carbocycles. The van der Waals surface area contributed by atoms with Gasteiger partial charge >= 0.3 is 7.12 Å². The van der Waals surface area contributed by atoms with Crippen LogP contribution < -0.4 is 19.7 Å². The summed E-state index contributed by atoms with van der Waals surface area (Å²) in [5.41, 5.74) is 2.77. The summed E-state index contributed by atoms with van der Waals surface area (Å²) in [6.07, 6.45) is -0.359. The topological polar surface area (TPSA) is 61.9 Å². The average Bonchev–Trinajstić information content (AvgIpc) is 3.37. The predicted molar refractivity (Wildman–Crippen MR) is 209 cm³/mol. The third kappa shape index (κ3) is 7.86. The van der Waals surface area contributed by atoms with E-state index in [9.17, 15) is 0 Å². The van der Waals surface area contributed by atoms with E-state index in [0.717, 1.165) is 65.4 Å². The summed E-state index contributed by atoms with van der Waals surface area (Å²) in [5.74, 6) is 2.14. The first kappa shape index (κ1) is 38.2. The van der Waals surface area contributed by atoms with Crippen LogP contribution in [0.1, 0.15) is 49.9 Å². The van der Waals surface area contributed by atoms with E-state index in [1.807, 2.05) is 61.5 Å². The van der Waals surface area contributed by atoms with Crippen LogP contribution in [0.4, 0.5) is 0 Å². The molecule has 2 fully saturated rings. The molecule has 0 bridgehead atoms. The number of hydrogen-bond donors (Lipinski definition) is 0. The van der Waals surface area contributed by atoms with Gasteiger partial charge in [-0.1, -0.05) is 72.3 Å². The molecule has 2 aliphatic rings. The van der Waals surface area contributed by atoms with E-state index < -0.39 is 23.9 Å². The van der Waals surface area contributed by atoms with Crippen molar-refractivity contribution in [1.29, 1.82) is 0 Å². The van der Waals surface area contributed by atoms with E-state index in [2.05, 4.69) is 80.9 Å². The molecule has 8 nitrogen and oxygen atoms in total. The quantitative estimate of drug-likeness (QED) is 0.108. The van der Waals surface area contributed by atoms with Crippen LogP contribution in [-0.4, -0.2) is 94.8 Å². The van der Waals surface area contributed by atoms with Crippen LogP contribution in [0, 0.1) is 6.92 Å². The maximum absolute atomic E-state index is 7.33. The fourth-order valence-electron chi connectivity index (χ4n) is 6.91. The average molecular weight is 727 g/mol. The lowest BCUT2D eigenvalue weighted by molar-refractivity contribution is -0.0410. The maximum atomic E-state index is 7.33. The lowest BCUT2D eigenvalue weighted by Gasteiger charge is -2.39. The molecule has 52 heavy (non-hydrogen) atoms. The van der Waals surface area contributed by atoms with Gasteiger partial charge in [-0.15, -0.1) is 0 Å². The Morgan fingerprint density at radius 3 is 1.79 bits per heavy atom. The zero-order valence-corrected chi connectivity index (χ0v) is 32.5. The van der Waals surface area contributed by atoms with Crippen molar-refractivity contribution in [2.24, 2.45) is 0 Å². The third-order valence-corrected chi connectivity index (χ3v) is 11.4. The summed E-state index contributed by atoms with van der Waals surface area (Å²) < 4.78 is 38.1. The number of halogens is 1. The first-order chi connectivity index (χ1) is 24.9. The van der Waals surface area contributed by atoms with Crippen LogP contribution in [0.25, 0.3) is 0 Å². The molecule has 2 aliphatic heterocycles. The Bertz CT molecular complexity index is 1720. The Kier molecular flexibility index (Phi) is 11.6. The standard InChI is InChI=1S/C42H52BClN2O6/c1-30-37(43-51-40(2,3)41(4,5)52-43)22-23-38(39(30)44)50-36(28-46-26-24-45(6)25-27-46)29-49-42(31-12-10-9-11-13-31,32-14-18-34(47-7)19-15-32)33-16-20-35(48-8)21-17-33/h9-23,36H,24-29H2,1-8H3/t36-/m1/s1. The summed E-state index contributed by atoms with van der Waals surface area (Å²) in [6, 6.07) is 30.5. The zero-order valence-electron chi connectivity index (χ0n) is 31.8. The van der Waals surface area contributed by atoms with Gasteiger partial charge in [0.15, 0.2) is 0 Å². The first-order valence-corrected chi connectivity index (χ1v) is 18.5. The van der Waals surface area contributed by atoms with Gasteiger partial charge in [0, 0.05) is 32.7 Å². The maximum Gasteiger partial charge on any atom is 0.495 e. The van der Waals surface area contributed by atoms with Gasteiger partial charge in [0.05, 0.1) is 37.1 Å². The Morgan fingerprint density at radius 1 is 0.750 bits per heavy atom. The normalized spacial score (nSPS) is 18.3. The number of benzene rings is 4. The molecule has 2 saturated heterocycles. The minimum absolute atomic E-state index is 0.271. The molecule has 1 atom stereocenters. The van der Waals surface area contributed by atoms with Gasteiger partial charge in [0.2, 0.25) is 0 Å². The zero-order chi connectivity index (χ0) is 37.1. The monoisotopic (exact) mass is 726 g/mol. The van der Waals surface area contributed by atoms with E-state index in [1.165, 1.54) is 0 Å². The smallest absolute Gasteiger partial charge is 0.495 e. The fraction of sp³-hybridized carbons (Fsp3) is 0.429. The first-order valence-electron chi connectivity index (χ1n) is 18.1. The molecular formula is C42H52BClN2O6. The molecule has 2 heterocycles. The van der Waals surface area contributed by atoms with Crippen LogP contribution >= 0.6 is 11.6 Å². The van der Waals surface area contributed by atoms with Gasteiger partial charge in [-0.05, 0) is 99.7 Å². The molecule has 6 rings (SSSR count). The van der Waals surface area contributed by atoms with Gasteiger partial charge in [0.1, 0.15) is 29.0 Å². The SMILES string of the molecule is COc1ccc(C(OC[C@@H](CN2CCN(C)CC2)Oc2ccc(B3OC(C)(C)C(C)(C)O3)c(C)c2Cl)(c2ccccc2)c2ccc(OC)cc2)cc1. The van der Waals surface area contributed by atoms with E-state index in [1.54, 1.807) is 14.2 Å². The van der Waals surface area contributed by atoms with Crippen molar-refractivity contribution in [3.05, 3.63) is 118 Å². The van der Waals surface area contributed by atoms with Crippen molar-refractivity contribution in [2.45, 2.75) is 57.5 Å². The number of methoxy groups -OCH3 is 2. The van der Waals surface area contributed by atoms with Crippen molar-refractivity contribution in [2.75, 3.05) is 60.6 Å². The van der Waals surface area contributed by atoms with Gasteiger partial charge in [-0.3, -0.25) is 4.90 Å². The lowest BCUT2D eigenvalue weighted by atomic mass is 9.76. The highest BCUT2D eigenvalue weighted by Gasteiger charge is 2.52. The van der Waals surface area contributed by atoms with Crippen LogP contribution in [0.15, 0.2) is 91.0 Å². The second-order valence-corrected chi connectivity index (χ2v) is 15.2. The molecule has 0 aromatic heterocycles. The molecule has 0 spiro atoms. The molecule has 4 aromatic carbocycles. The number of nitrogens with zero attached hydrogens (tertiary/aromatic N) is 2. The second kappa shape index (κ2) is 15.8. The molecule has 0 saturated carbocycles. The van der Waals surface area contributed by atoms with Crippen LogP contribution in [0.2, 0.25) is 5.02 Å². The fourth-order valence-corrected chi connectivity index (χ4v) is 7.12. The molecule has 4 aromatic rings.